The van der Waals surface area contributed by atoms with E-state index in [2.05, 4.69) is 20.8 Å². The fraction of sp³-hybridized carbons (Fsp3) is 0.533. The Morgan fingerprint density at radius 2 is 2.00 bits per heavy atom. The summed E-state index contributed by atoms with van der Waals surface area (Å²) in [5.74, 6) is 0.654. The van der Waals surface area contributed by atoms with E-state index < -0.39 is 0 Å². The van der Waals surface area contributed by atoms with Crippen LogP contribution in [0.2, 0.25) is 0 Å². The zero-order chi connectivity index (χ0) is 13.9. The average Bonchev–Trinajstić information content (AvgIpc) is 2.26. The molecule has 2 N–H and O–H groups in total. The lowest BCUT2D eigenvalue weighted by Gasteiger charge is -2.21. The SMILES string of the molecule is COc1ccc(C(C)(C)C)cc1C(=O)CC(C)N. The van der Waals surface area contributed by atoms with Gasteiger partial charge in [-0.3, -0.25) is 4.79 Å². The van der Waals surface area contributed by atoms with Gasteiger partial charge in [0.1, 0.15) is 5.75 Å². The summed E-state index contributed by atoms with van der Waals surface area (Å²) in [5, 5.41) is 0. The number of carbonyl (C=O) groups excluding carboxylic acids is 1. The second kappa shape index (κ2) is 5.53. The number of methoxy groups -OCH3 is 1. The zero-order valence-corrected chi connectivity index (χ0v) is 11.9. The van der Waals surface area contributed by atoms with E-state index in [0.29, 0.717) is 17.7 Å². The van der Waals surface area contributed by atoms with Gasteiger partial charge in [-0.25, -0.2) is 0 Å². The van der Waals surface area contributed by atoms with Crippen LogP contribution in [0, 0.1) is 0 Å². The van der Waals surface area contributed by atoms with Gasteiger partial charge in [0.15, 0.2) is 5.78 Å². The van der Waals surface area contributed by atoms with Crippen LogP contribution in [0.15, 0.2) is 18.2 Å². The Kier molecular flexibility index (Phi) is 4.52. The Morgan fingerprint density at radius 3 is 2.44 bits per heavy atom. The molecule has 1 unspecified atom stereocenters. The summed E-state index contributed by atoms with van der Waals surface area (Å²) in [7, 11) is 1.58. The van der Waals surface area contributed by atoms with Crippen molar-refractivity contribution in [2.75, 3.05) is 7.11 Å². The molecule has 0 fully saturated rings. The molecular weight excluding hydrogens is 226 g/mol. The highest BCUT2D eigenvalue weighted by Gasteiger charge is 2.19. The van der Waals surface area contributed by atoms with Gasteiger partial charge < -0.3 is 10.5 Å². The van der Waals surface area contributed by atoms with Gasteiger partial charge in [0.25, 0.3) is 0 Å². The van der Waals surface area contributed by atoms with Crippen molar-refractivity contribution < 1.29 is 9.53 Å². The smallest absolute Gasteiger partial charge is 0.168 e. The second-order valence-corrected chi connectivity index (χ2v) is 5.77. The zero-order valence-electron chi connectivity index (χ0n) is 11.9. The van der Waals surface area contributed by atoms with Gasteiger partial charge in [0.05, 0.1) is 12.7 Å². The standard InChI is InChI=1S/C15H23NO2/c1-10(16)8-13(17)12-9-11(15(2,3)4)6-7-14(12)18-5/h6-7,9-10H,8,16H2,1-5H3. The largest absolute Gasteiger partial charge is 0.496 e. The first kappa shape index (κ1) is 14.7. The van der Waals surface area contributed by atoms with Crippen molar-refractivity contribution in [1.29, 1.82) is 0 Å². The third-order valence-corrected chi connectivity index (χ3v) is 2.87. The molecule has 1 atom stereocenters. The minimum atomic E-state index is -0.138. The van der Waals surface area contributed by atoms with Crippen molar-refractivity contribution in [3.05, 3.63) is 29.3 Å². The number of carbonyl (C=O) groups is 1. The highest BCUT2D eigenvalue weighted by molar-refractivity contribution is 5.99. The maximum absolute atomic E-state index is 12.2. The fourth-order valence-corrected chi connectivity index (χ4v) is 1.79. The third-order valence-electron chi connectivity index (χ3n) is 2.87. The van der Waals surface area contributed by atoms with Gasteiger partial charge in [-0.05, 0) is 30.0 Å². The molecule has 0 bridgehead atoms. The van der Waals surface area contributed by atoms with Crippen LogP contribution in [0.1, 0.15) is 50.0 Å². The normalized spacial score (nSPS) is 13.2. The number of ether oxygens (including phenoxy) is 1. The number of rotatable bonds is 4. The van der Waals surface area contributed by atoms with Gasteiger partial charge in [0.2, 0.25) is 0 Å². The van der Waals surface area contributed by atoms with Gasteiger partial charge in [-0.2, -0.15) is 0 Å². The van der Waals surface area contributed by atoms with Gasteiger partial charge in [0, 0.05) is 12.5 Å². The molecule has 0 aromatic heterocycles. The predicted molar refractivity (Wildman–Crippen MR) is 74.3 cm³/mol. The van der Waals surface area contributed by atoms with E-state index in [1.54, 1.807) is 7.11 Å². The summed E-state index contributed by atoms with van der Waals surface area (Å²) in [6.45, 7) is 8.19. The monoisotopic (exact) mass is 249 g/mol. The van der Waals surface area contributed by atoms with Crippen molar-refractivity contribution in [3.63, 3.8) is 0 Å². The Labute approximate surface area is 109 Å². The molecule has 18 heavy (non-hydrogen) atoms. The molecule has 1 aromatic carbocycles. The van der Waals surface area contributed by atoms with E-state index >= 15 is 0 Å². The highest BCUT2D eigenvalue weighted by atomic mass is 16.5. The fourth-order valence-electron chi connectivity index (χ4n) is 1.79. The van der Waals surface area contributed by atoms with E-state index in [9.17, 15) is 4.79 Å². The lowest BCUT2D eigenvalue weighted by molar-refractivity contribution is 0.0973. The number of hydrogen-bond acceptors (Lipinski definition) is 3. The number of benzene rings is 1. The van der Waals surface area contributed by atoms with E-state index in [4.69, 9.17) is 10.5 Å². The topological polar surface area (TPSA) is 52.3 Å². The molecular formula is C15H23NO2. The Morgan fingerprint density at radius 1 is 1.39 bits per heavy atom. The maximum Gasteiger partial charge on any atom is 0.168 e. The summed E-state index contributed by atoms with van der Waals surface area (Å²) in [6, 6.07) is 5.64. The summed E-state index contributed by atoms with van der Waals surface area (Å²) in [5.41, 5.74) is 7.44. The Hall–Kier alpha value is -1.35. The van der Waals surface area contributed by atoms with E-state index in [-0.39, 0.29) is 17.2 Å². The molecule has 0 aliphatic carbocycles. The minimum absolute atomic E-state index is 0.00956. The van der Waals surface area contributed by atoms with Crippen LogP contribution in [0.5, 0.6) is 5.75 Å². The van der Waals surface area contributed by atoms with Crippen LogP contribution in [0.25, 0.3) is 0 Å². The van der Waals surface area contributed by atoms with Crippen molar-refractivity contribution in [2.24, 2.45) is 5.73 Å². The second-order valence-electron chi connectivity index (χ2n) is 5.77. The number of nitrogens with two attached hydrogens (primary N) is 1. The lowest BCUT2D eigenvalue weighted by atomic mass is 9.85. The van der Waals surface area contributed by atoms with Crippen molar-refractivity contribution in [1.82, 2.24) is 0 Å². The number of ketones is 1. The van der Waals surface area contributed by atoms with Crippen LogP contribution in [0.4, 0.5) is 0 Å². The molecule has 3 nitrogen and oxygen atoms in total. The van der Waals surface area contributed by atoms with Crippen molar-refractivity contribution in [2.45, 2.75) is 45.6 Å². The van der Waals surface area contributed by atoms with Crippen LogP contribution in [-0.2, 0) is 5.41 Å². The summed E-state index contributed by atoms with van der Waals surface area (Å²) in [4.78, 5) is 12.2. The molecule has 1 aromatic rings. The van der Waals surface area contributed by atoms with Gasteiger partial charge in [-0.15, -0.1) is 0 Å². The Balaban J connectivity index is 3.18. The van der Waals surface area contributed by atoms with E-state index in [0.717, 1.165) is 5.56 Å². The quantitative estimate of drug-likeness (QED) is 0.835. The van der Waals surface area contributed by atoms with Crippen molar-refractivity contribution >= 4 is 5.78 Å². The molecule has 3 heteroatoms. The summed E-state index contributed by atoms with van der Waals surface area (Å²) < 4.78 is 5.25. The molecule has 0 saturated heterocycles. The first-order valence-corrected chi connectivity index (χ1v) is 6.23. The van der Waals surface area contributed by atoms with Gasteiger partial charge >= 0.3 is 0 Å². The molecule has 0 aliphatic rings. The summed E-state index contributed by atoms with van der Waals surface area (Å²) >= 11 is 0. The molecule has 0 heterocycles. The molecule has 0 aliphatic heterocycles. The van der Waals surface area contributed by atoms with Crippen LogP contribution >= 0.6 is 0 Å². The third kappa shape index (κ3) is 3.57. The van der Waals surface area contributed by atoms with Crippen LogP contribution in [-0.4, -0.2) is 18.9 Å². The maximum atomic E-state index is 12.2. The first-order valence-electron chi connectivity index (χ1n) is 6.23. The van der Waals surface area contributed by atoms with Crippen LogP contribution in [0.3, 0.4) is 0 Å². The lowest BCUT2D eigenvalue weighted by Crippen LogP contribution is -2.20. The molecule has 0 amide bonds. The molecule has 100 valence electrons. The highest BCUT2D eigenvalue weighted by Crippen LogP contribution is 2.28. The van der Waals surface area contributed by atoms with Crippen molar-refractivity contribution in [3.8, 4) is 5.75 Å². The number of hydrogen-bond donors (Lipinski definition) is 1. The summed E-state index contributed by atoms with van der Waals surface area (Å²) in [6.07, 6.45) is 0.337. The van der Waals surface area contributed by atoms with Crippen LogP contribution < -0.4 is 10.5 Å². The Bertz CT molecular complexity index is 431. The molecule has 0 spiro atoms. The molecule has 0 saturated carbocycles. The van der Waals surface area contributed by atoms with E-state index in [1.165, 1.54) is 0 Å². The predicted octanol–water partition coefficient (Wildman–Crippen LogP) is 2.91. The average molecular weight is 249 g/mol. The molecule has 0 radical (unpaired) electrons. The number of Topliss-reactive ketones (excluding diaryl/α,β-unsaturated/α-hetero) is 1. The minimum Gasteiger partial charge on any atom is -0.496 e. The molecule has 1 rings (SSSR count). The van der Waals surface area contributed by atoms with Gasteiger partial charge in [-0.1, -0.05) is 26.8 Å². The van der Waals surface area contributed by atoms with E-state index in [1.807, 2.05) is 25.1 Å². The first-order chi connectivity index (χ1) is 8.25.